The lowest BCUT2D eigenvalue weighted by atomic mass is 10.0. The van der Waals surface area contributed by atoms with Crippen LogP contribution in [0.2, 0.25) is 0 Å². The van der Waals surface area contributed by atoms with Crippen LogP contribution >= 0.6 is 0 Å². The number of hydrogen-bond acceptors (Lipinski definition) is 5. The van der Waals surface area contributed by atoms with Gasteiger partial charge >= 0.3 is 12.1 Å². The highest BCUT2D eigenvalue weighted by Gasteiger charge is 2.53. The van der Waals surface area contributed by atoms with Crippen LogP contribution in [0, 0.1) is 0 Å². The second-order valence-corrected chi connectivity index (χ2v) is 8.56. The van der Waals surface area contributed by atoms with Crippen molar-refractivity contribution in [1.82, 2.24) is 19.6 Å². The molecule has 2 fully saturated rings. The van der Waals surface area contributed by atoms with Crippen molar-refractivity contribution in [2.24, 2.45) is 0 Å². The summed E-state index contributed by atoms with van der Waals surface area (Å²) in [6, 6.07) is -0.926. The minimum Gasteiger partial charge on any atom is -0.370 e. The number of carbonyl (C=O) groups is 4. The lowest BCUT2D eigenvalue weighted by Gasteiger charge is -2.26. The molecule has 0 aliphatic carbocycles. The molecule has 170 valence electrons. The lowest BCUT2D eigenvalue weighted by Crippen LogP contribution is -2.47. The number of amides is 6. The Balaban J connectivity index is 2.26. The topological polar surface area (TPSA) is 90.5 Å². The molecule has 0 aromatic carbocycles. The van der Waals surface area contributed by atoms with Crippen molar-refractivity contribution in [1.29, 1.82) is 0 Å². The first-order valence-corrected chi connectivity index (χ1v) is 10.2. The first-order valence-electron chi connectivity index (χ1n) is 10.2. The number of urea groups is 2. The van der Waals surface area contributed by atoms with Gasteiger partial charge in [-0.25, -0.2) is 9.59 Å². The Bertz CT molecular complexity index is 744. The fourth-order valence-corrected chi connectivity index (χ4v) is 3.80. The van der Waals surface area contributed by atoms with Crippen LogP contribution in [0.1, 0.15) is 27.7 Å². The summed E-state index contributed by atoms with van der Waals surface area (Å²) in [5, 5.41) is 0. The first kappa shape index (κ1) is 24.3. The highest BCUT2D eigenvalue weighted by Crippen LogP contribution is 2.30. The highest BCUT2D eigenvalue weighted by molar-refractivity contribution is 6.07. The molecule has 2 aliphatic heterocycles. The van der Waals surface area contributed by atoms with Crippen molar-refractivity contribution in [3.8, 4) is 0 Å². The van der Waals surface area contributed by atoms with E-state index >= 15 is 0 Å². The maximum Gasteiger partial charge on any atom is 0.328 e. The van der Waals surface area contributed by atoms with E-state index in [1.807, 2.05) is 0 Å². The molecule has 0 aromatic heterocycles. The van der Waals surface area contributed by atoms with Crippen LogP contribution in [0.25, 0.3) is 0 Å². The second-order valence-electron chi connectivity index (χ2n) is 8.56. The predicted octanol–water partition coefficient (Wildman–Crippen LogP) is 2.02. The molecule has 0 radical (unpaired) electrons. The van der Waals surface area contributed by atoms with Crippen LogP contribution in [-0.4, -0.2) is 93.4 Å². The Morgan fingerprint density at radius 1 is 0.774 bits per heavy atom. The van der Waals surface area contributed by atoms with Gasteiger partial charge in [0, 0.05) is 13.1 Å². The number of ether oxygens (including phenoxy) is 1. The Hall–Kier alpha value is -2.94. The summed E-state index contributed by atoms with van der Waals surface area (Å²) < 4.78 is 5.75. The Labute approximate surface area is 183 Å². The van der Waals surface area contributed by atoms with E-state index in [2.05, 4.69) is 19.7 Å². The lowest BCUT2D eigenvalue weighted by molar-refractivity contribution is -0.134. The van der Waals surface area contributed by atoms with Gasteiger partial charge in [-0.05, 0) is 27.7 Å². The Kier molecular flexibility index (Phi) is 7.10. The van der Waals surface area contributed by atoms with Gasteiger partial charge in [-0.15, -0.1) is 19.7 Å². The van der Waals surface area contributed by atoms with Crippen LogP contribution in [0.3, 0.4) is 0 Å². The molecule has 31 heavy (non-hydrogen) atoms. The van der Waals surface area contributed by atoms with Crippen LogP contribution in [-0.2, 0) is 14.3 Å². The van der Waals surface area contributed by atoms with E-state index in [1.54, 1.807) is 39.8 Å². The molecule has 0 bridgehead atoms. The third kappa shape index (κ3) is 4.27. The molecule has 0 N–H and O–H groups in total. The zero-order chi connectivity index (χ0) is 23.6. The predicted molar refractivity (Wildman–Crippen MR) is 116 cm³/mol. The molecule has 0 spiro atoms. The molecular weight excluding hydrogens is 400 g/mol. The maximum absolute atomic E-state index is 12.9. The zero-order valence-electron chi connectivity index (χ0n) is 18.8. The third-order valence-corrected chi connectivity index (χ3v) is 5.66. The van der Waals surface area contributed by atoms with Crippen molar-refractivity contribution >= 4 is 23.9 Å². The summed E-state index contributed by atoms with van der Waals surface area (Å²) in [5.41, 5.74) is -2.06. The largest absolute Gasteiger partial charge is 0.370 e. The molecular formula is C22H32N4O5. The van der Waals surface area contributed by atoms with Crippen molar-refractivity contribution in [3.63, 3.8) is 0 Å². The molecule has 6 amide bonds. The van der Waals surface area contributed by atoms with Gasteiger partial charge in [0.15, 0.2) is 0 Å². The zero-order valence-corrected chi connectivity index (χ0v) is 18.8. The normalized spacial score (nSPS) is 20.3. The molecule has 2 saturated heterocycles. The third-order valence-electron chi connectivity index (χ3n) is 5.66. The van der Waals surface area contributed by atoms with E-state index < -0.39 is 29.2 Å². The summed E-state index contributed by atoms with van der Waals surface area (Å²) in [5.74, 6) is -0.751. The fraction of sp³-hybridized carbons (Fsp3) is 0.545. The molecule has 9 nitrogen and oxygen atoms in total. The van der Waals surface area contributed by atoms with E-state index in [9.17, 15) is 19.2 Å². The van der Waals surface area contributed by atoms with Crippen molar-refractivity contribution in [2.45, 2.75) is 44.9 Å². The van der Waals surface area contributed by atoms with E-state index in [0.29, 0.717) is 0 Å². The molecule has 0 atom stereocenters. The van der Waals surface area contributed by atoms with E-state index in [1.165, 1.54) is 15.9 Å². The monoisotopic (exact) mass is 432 g/mol. The maximum atomic E-state index is 12.9. The highest BCUT2D eigenvalue weighted by atomic mass is 16.5. The van der Waals surface area contributed by atoms with Gasteiger partial charge in [-0.1, -0.05) is 18.2 Å². The number of carbonyl (C=O) groups excluding carboxylic acids is 4. The molecule has 2 aliphatic rings. The van der Waals surface area contributed by atoms with Crippen LogP contribution in [0.15, 0.2) is 38.0 Å². The molecule has 9 heteroatoms. The van der Waals surface area contributed by atoms with Crippen LogP contribution in [0.4, 0.5) is 9.59 Å². The quantitative estimate of drug-likeness (QED) is 0.368. The second kappa shape index (κ2) is 9.05. The molecule has 0 saturated carbocycles. The van der Waals surface area contributed by atoms with Crippen molar-refractivity contribution in [3.05, 3.63) is 38.0 Å². The summed E-state index contributed by atoms with van der Waals surface area (Å²) >= 11 is 0. The number of imide groups is 2. The Morgan fingerprint density at radius 2 is 1.16 bits per heavy atom. The average Bonchev–Trinajstić information content (AvgIpc) is 2.96. The van der Waals surface area contributed by atoms with E-state index in [0.717, 1.165) is 9.80 Å². The van der Waals surface area contributed by atoms with Gasteiger partial charge in [0.2, 0.25) is 0 Å². The van der Waals surface area contributed by atoms with Crippen molar-refractivity contribution < 1.29 is 23.9 Å². The van der Waals surface area contributed by atoms with Gasteiger partial charge in [0.05, 0.1) is 25.8 Å². The minimum absolute atomic E-state index is 0.0957. The summed E-state index contributed by atoms with van der Waals surface area (Å²) in [6.45, 7) is 18.0. The molecule has 2 heterocycles. The standard InChI is InChI=1S/C22H32N4O5/c1-8-11-25-19(29)23(17(27)21(25,4)5)14-16(31-13-10-3)15-24-18(28)22(6,7)26(12-9-2)20(24)30/h8-10,16H,1-3,11-15H2,4-7H3. The SMILES string of the molecule is C=CCOC(CN1C(=O)N(CC=C)C(C)(C)C1=O)CN1C(=O)N(CC=C)C(C)(C)C1=O. The van der Waals surface area contributed by atoms with Gasteiger partial charge in [0.25, 0.3) is 11.8 Å². The van der Waals surface area contributed by atoms with Crippen LogP contribution in [0.5, 0.6) is 0 Å². The van der Waals surface area contributed by atoms with Gasteiger partial charge in [-0.3, -0.25) is 19.4 Å². The summed E-state index contributed by atoms with van der Waals surface area (Å²) in [6.07, 6.45) is 3.87. The average molecular weight is 433 g/mol. The van der Waals surface area contributed by atoms with Crippen molar-refractivity contribution in [2.75, 3.05) is 32.8 Å². The van der Waals surface area contributed by atoms with Gasteiger partial charge < -0.3 is 14.5 Å². The van der Waals surface area contributed by atoms with E-state index in [4.69, 9.17) is 4.74 Å². The van der Waals surface area contributed by atoms with Crippen LogP contribution < -0.4 is 0 Å². The molecule has 0 unspecified atom stereocenters. The summed E-state index contributed by atoms with van der Waals surface area (Å²) in [4.78, 5) is 56.7. The summed E-state index contributed by atoms with van der Waals surface area (Å²) in [7, 11) is 0. The fourth-order valence-electron chi connectivity index (χ4n) is 3.80. The Morgan fingerprint density at radius 3 is 1.48 bits per heavy atom. The number of rotatable bonds is 11. The van der Waals surface area contributed by atoms with E-state index in [-0.39, 0.29) is 44.6 Å². The minimum atomic E-state index is -1.03. The first-order chi connectivity index (χ1) is 14.4. The van der Waals surface area contributed by atoms with Gasteiger partial charge in [0.1, 0.15) is 11.1 Å². The molecule has 0 aromatic rings. The number of nitrogens with zero attached hydrogens (tertiary/aromatic N) is 4. The van der Waals surface area contributed by atoms with Gasteiger partial charge in [-0.2, -0.15) is 0 Å². The molecule has 2 rings (SSSR count). The smallest absolute Gasteiger partial charge is 0.328 e. The number of hydrogen-bond donors (Lipinski definition) is 0.